The molecule has 22 heavy (non-hydrogen) atoms. The van der Waals surface area contributed by atoms with Crippen LogP contribution in [-0.4, -0.2) is 72.1 Å². The van der Waals surface area contributed by atoms with Gasteiger partial charge in [-0.2, -0.15) is 0 Å². The molecular weight excluding hydrogens is 270 g/mol. The van der Waals surface area contributed by atoms with Crippen molar-refractivity contribution in [2.45, 2.75) is 65.5 Å². The average Bonchev–Trinajstić information content (AvgIpc) is 2.39. The number of likely N-dealkylation sites (tertiary alicyclic amines) is 3. The van der Waals surface area contributed by atoms with Crippen molar-refractivity contribution in [2.75, 3.05) is 45.8 Å². The maximum absolute atomic E-state index is 2.81. The summed E-state index contributed by atoms with van der Waals surface area (Å²) in [5.74, 6) is 0.877. The van der Waals surface area contributed by atoms with Gasteiger partial charge in [-0.25, -0.2) is 0 Å². The molecule has 3 rings (SSSR count). The van der Waals surface area contributed by atoms with Crippen LogP contribution in [0, 0.1) is 11.3 Å². The smallest absolute Gasteiger partial charge is 0.0205 e. The summed E-state index contributed by atoms with van der Waals surface area (Å²) in [7, 11) is 0. The van der Waals surface area contributed by atoms with Crippen molar-refractivity contribution in [3.05, 3.63) is 0 Å². The molecule has 3 aliphatic heterocycles. The van der Waals surface area contributed by atoms with Gasteiger partial charge in [0.1, 0.15) is 0 Å². The molecule has 3 nitrogen and oxygen atoms in total. The fourth-order valence-corrected chi connectivity index (χ4v) is 4.83. The van der Waals surface area contributed by atoms with Crippen LogP contribution in [0.5, 0.6) is 0 Å². The van der Waals surface area contributed by atoms with E-state index in [0.717, 1.165) is 12.0 Å². The maximum atomic E-state index is 2.81. The summed E-state index contributed by atoms with van der Waals surface area (Å²) < 4.78 is 0. The molecule has 0 atom stereocenters. The highest BCUT2D eigenvalue weighted by molar-refractivity contribution is 5.03. The summed E-state index contributed by atoms with van der Waals surface area (Å²) in [6.07, 6.45) is 4.14. The van der Waals surface area contributed by atoms with E-state index >= 15 is 0 Å². The van der Waals surface area contributed by atoms with Gasteiger partial charge in [-0.15, -0.1) is 0 Å². The number of nitrogens with zero attached hydrogens (tertiary/aromatic N) is 3. The summed E-state index contributed by atoms with van der Waals surface area (Å²) in [6.45, 7) is 21.3. The van der Waals surface area contributed by atoms with Gasteiger partial charge in [-0.3, -0.25) is 9.80 Å². The third-order valence-electron chi connectivity index (χ3n) is 6.94. The minimum absolute atomic E-state index is 0.396. The molecule has 0 aromatic rings. The molecule has 3 fully saturated rings. The second-order valence-corrected chi connectivity index (χ2v) is 9.10. The van der Waals surface area contributed by atoms with Crippen LogP contribution in [0.25, 0.3) is 0 Å². The summed E-state index contributed by atoms with van der Waals surface area (Å²) in [5.41, 5.74) is 1.07. The number of hydrogen-bond donors (Lipinski definition) is 0. The fraction of sp³-hybridized carbons (Fsp3) is 1.00. The van der Waals surface area contributed by atoms with Gasteiger partial charge in [0.15, 0.2) is 0 Å². The Balaban J connectivity index is 1.47. The van der Waals surface area contributed by atoms with Crippen LogP contribution in [-0.2, 0) is 0 Å². The van der Waals surface area contributed by atoms with Crippen LogP contribution in [0.4, 0.5) is 0 Å². The molecule has 1 spiro atoms. The topological polar surface area (TPSA) is 9.72 Å². The Hall–Kier alpha value is -0.120. The van der Waals surface area contributed by atoms with E-state index in [0.29, 0.717) is 11.0 Å². The zero-order chi connectivity index (χ0) is 16.0. The molecule has 0 amide bonds. The zero-order valence-electron chi connectivity index (χ0n) is 15.6. The van der Waals surface area contributed by atoms with Crippen molar-refractivity contribution in [3.8, 4) is 0 Å². The van der Waals surface area contributed by atoms with Crippen LogP contribution >= 0.6 is 0 Å². The van der Waals surface area contributed by atoms with E-state index in [1.54, 1.807) is 0 Å². The molecule has 0 aliphatic carbocycles. The Morgan fingerprint density at radius 3 is 2.18 bits per heavy atom. The van der Waals surface area contributed by atoms with Crippen LogP contribution in [0.2, 0.25) is 0 Å². The number of rotatable bonds is 5. The Bertz CT molecular complexity index is 368. The first-order valence-corrected chi connectivity index (χ1v) is 9.58. The lowest BCUT2D eigenvalue weighted by Gasteiger charge is -2.59. The number of piperidine rings is 1. The van der Waals surface area contributed by atoms with Gasteiger partial charge in [0.25, 0.3) is 0 Å². The molecule has 0 bridgehead atoms. The lowest BCUT2D eigenvalue weighted by Crippen LogP contribution is -2.67. The molecule has 0 saturated carbocycles. The summed E-state index contributed by atoms with van der Waals surface area (Å²) in [5, 5.41) is 0. The van der Waals surface area contributed by atoms with Crippen molar-refractivity contribution in [1.29, 1.82) is 0 Å². The van der Waals surface area contributed by atoms with E-state index in [1.165, 1.54) is 65.1 Å². The van der Waals surface area contributed by atoms with Crippen molar-refractivity contribution in [2.24, 2.45) is 11.3 Å². The van der Waals surface area contributed by atoms with Crippen molar-refractivity contribution < 1.29 is 0 Å². The van der Waals surface area contributed by atoms with E-state index in [2.05, 4.69) is 49.3 Å². The molecule has 3 heteroatoms. The second-order valence-electron chi connectivity index (χ2n) is 9.10. The van der Waals surface area contributed by atoms with E-state index < -0.39 is 0 Å². The predicted octanol–water partition coefficient (Wildman–Crippen LogP) is 2.91. The van der Waals surface area contributed by atoms with E-state index in [1.807, 2.05) is 0 Å². The van der Waals surface area contributed by atoms with Crippen molar-refractivity contribution in [3.63, 3.8) is 0 Å². The quantitative estimate of drug-likeness (QED) is 0.773. The van der Waals surface area contributed by atoms with E-state index in [9.17, 15) is 0 Å². The molecule has 3 aliphatic rings. The van der Waals surface area contributed by atoms with Gasteiger partial charge in [0.2, 0.25) is 0 Å². The minimum Gasteiger partial charge on any atom is -0.303 e. The summed E-state index contributed by atoms with van der Waals surface area (Å²) in [6, 6.07) is 0.736. The fourth-order valence-electron chi connectivity index (χ4n) is 4.83. The van der Waals surface area contributed by atoms with Crippen LogP contribution in [0.3, 0.4) is 0 Å². The van der Waals surface area contributed by atoms with Crippen LogP contribution < -0.4 is 0 Å². The lowest BCUT2D eigenvalue weighted by atomic mass is 9.69. The molecule has 3 saturated heterocycles. The van der Waals surface area contributed by atoms with Gasteiger partial charge in [-0.1, -0.05) is 6.92 Å². The molecule has 0 aromatic heterocycles. The first-order chi connectivity index (χ1) is 10.4. The summed E-state index contributed by atoms with van der Waals surface area (Å²) in [4.78, 5) is 8.09. The molecular formula is C19H37N3. The first kappa shape index (κ1) is 16.7. The Labute approximate surface area is 138 Å². The highest BCUT2D eigenvalue weighted by Gasteiger charge is 2.49. The van der Waals surface area contributed by atoms with Gasteiger partial charge < -0.3 is 4.90 Å². The third-order valence-corrected chi connectivity index (χ3v) is 6.94. The van der Waals surface area contributed by atoms with Crippen LogP contribution in [0.1, 0.15) is 53.9 Å². The van der Waals surface area contributed by atoms with Crippen molar-refractivity contribution >= 4 is 0 Å². The SMILES string of the molecule is CCCN1CC(C(C)(C)N2CCC3(CC2)CN(C(C)C)C3)C1. The zero-order valence-corrected chi connectivity index (χ0v) is 15.6. The number of hydrogen-bond acceptors (Lipinski definition) is 3. The largest absolute Gasteiger partial charge is 0.303 e. The molecule has 3 heterocycles. The Kier molecular flexibility index (Phi) is 4.61. The van der Waals surface area contributed by atoms with E-state index in [-0.39, 0.29) is 0 Å². The third kappa shape index (κ3) is 2.97. The highest BCUT2D eigenvalue weighted by Crippen LogP contribution is 2.44. The molecule has 128 valence electrons. The molecule has 0 aromatic carbocycles. The summed E-state index contributed by atoms with van der Waals surface area (Å²) >= 11 is 0. The second kappa shape index (κ2) is 6.07. The molecule has 0 radical (unpaired) electrons. The van der Waals surface area contributed by atoms with Gasteiger partial charge in [0.05, 0.1) is 0 Å². The minimum atomic E-state index is 0.396. The Morgan fingerprint density at radius 2 is 1.68 bits per heavy atom. The highest BCUT2D eigenvalue weighted by atomic mass is 15.3. The van der Waals surface area contributed by atoms with E-state index in [4.69, 9.17) is 0 Å². The first-order valence-electron chi connectivity index (χ1n) is 9.58. The van der Waals surface area contributed by atoms with Crippen LogP contribution in [0.15, 0.2) is 0 Å². The molecule has 0 unspecified atom stereocenters. The lowest BCUT2D eigenvalue weighted by molar-refractivity contribution is -0.0987. The standard InChI is InChI=1S/C19H37N3/c1-6-9-20-12-17(13-20)18(4,5)22-10-7-19(8-11-22)14-21(15-19)16(2)3/h16-17H,6-15H2,1-5H3. The normalized spacial score (nSPS) is 28.1. The van der Waals surface area contributed by atoms with Gasteiger partial charge >= 0.3 is 0 Å². The molecule has 0 N–H and O–H groups in total. The van der Waals surface area contributed by atoms with Gasteiger partial charge in [-0.05, 0) is 72.0 Å². The van der Waals surface area contributed by atoms with Crippen molar-refractivity contribution in [1.82, 2.24) is 14.7 Å². The monoisotopic (exact) mass is 307 g/mol. The average molecular weight is 308 g/mol. The predicted molar refractivity (Wildman–Crippen MR) is 94.2 cm³/mol. The Morgan fingerprint density at radius 1 is 1.09 bits per heavy atom. The maximum Gasteiger partial charge on any atom is 0.0205 e. The van der Waals surface area contributed by atoms with Gasteiger partial charge in [0, 0.05) is 43.7 Å².